The van der Waals surface area contributed by atoms with Crippen LogP contribution in [0.25, 0.3) is 0 Å². The minimum atomic E-state index is -0.748. The lowest BCUT2D eigenvalue weighted by molar-refractivity contribution is -0.126. The zero-order valence-electron chi connectivity index (χ0n) is 11.6. The lowest BCUT2D eigenvalue weighted by Gasteiger charge is -2.19. The maximum Gasteiger partial charge on any atom is 0.255 e. The van der Waals surface area contributed by atoms with Crippen molar-refractivity contribution in [2.24, 2.45) is 5.73 Å². The van der Waals surface area contributed by atoms with Gasteiger partial charge in [-0.15, -0.1) is 0 Å². The molecule has 1 atom stereocenters. The third-order valence-corrected chi connectivity index (χ3v) is 2.80. The van der Waals surface area contributed by atoms with Crippen LogP contribution in [0.5, 0.6) is 5.75 Å². The van der Waals surface area contributed by atoms with E-state index in [4.69, 9.17) is 10.5 Å². The first-order chi connectivity index (χ1) is 8.36. The van der Waals surface area contributed by atoms with E-state index in [1.54, 1.807) is 26.2 Å². The maximum absolute atomic E-state index is 11.9. The topological polar surface area (TPSA) is 67.6 Å². The summed E-state index contributed by atoms with van der Waals surface area (Å²) in [4.78, 5) is 11.9. The predicted octanol–water partition coefficient (Wildman–Crippen LogP) is 0.905. The van der Waals surface area contributed by atoms with Gasteiger partial charge in [0, 0.05) is 19.7 Å². The van der Waals surface area contributed by atoms with Crippen LogP contribution in [-0.2, 0) is 4.79 Å². The van der Waals surface area contributed by atoms with E-state index in [0.29, 0.717) is 11.3 Å². The van der Waals surface area contributed by atoms with Gasteiger partial charge in [0.1, 0.15) is 11.8 Å². The van der Waals surface area contributed by atoms with Crippen LogP contribution in [0.1, 0.15) is 22.7 Å². The van der Waals surface area contributed by atoms with E-state index in [0.717, 1.165) is 11.1 Å². The molecule has 1 amide bonds. The van der Waals surface area contributed by atoms with Crippen LogP contribution in [0.2, 0.25) is 0 Å². The number of carbonyl (C=O) groups is 1. The monoisotopic (exact) mass is 251 g/mol. The number of hydrazine groups is 1. The molecule has 0 bridgehead atoms. The van der Waals surface area contributed by atoms with Gasteiger partial charge in [-0.2, -0.15) is 0 Å². The maximum atomic E-state index is 11.9. The number of aryl methyl sites for hydroxylation is 2. The molecule has 18 heavy (non-hydrogen) atoms. The van der Waals surface area contributed by atoms with Crippen molar-refractivity contribution in [3.63, 3.8) is 0 Å². The van der Waals surface area contributed by atoms with Gasteiger partial charge in [-0.25, -0.2) is 5.01 Å². The summed E-state index contributed by atoms with van der Waals surface area (Å²) in [6, 6.07) is 3.04. The molecule has 5 nitrogen and oxygen atoms in total. The molecule has 0 aliphatic rings. The molecule has 0 fully saturated rings. The van der Waals surface area contributed by atoms with Gasteiger partial charge in [-0.1, -0.05) is 6.07 Å². The number of nitrogens with one attached hydrogen (secondary N) is 1. The molecule has 0 aromatic heterocycles. The number of benzene rings is 1. The second-order valence-electron chi connectivity index (χ2n) is 4.53. The summed E-state index contributed by atoms with van der Waals surface area (Å²) in [5.41, 5.74) is 11.5. The fourth-order valence-corrected chi connectivity index (χ4v) is 1.66. The number of hydrogen-bond acceptors (Lipinski definition) is 4. The predicted molar refractivity (Wildman–Crippen MR) is 71.2 cm³/mol. The van der Waals surface area contributed by atoms with E-state index >= 15 is 0 Å². The third kappa shape index (κ3) is 3.21. The highest BCUT2D eigenvalue weighted by molar-refractivity contribution is 5.83. The SMILES string of the molecule is COc1cc(C)c(C)cc1C(N)C(=O)NN(C)C. The summed E-state index contributed by atoms with van der Waals surface area (Å²) in [5, 5.41) is 1.57. The van der Waals surface area contributed by atoms with Gasteiger partial charge in [-0.3, -0.25) is 10.2 Å². The van der Waals surface area contributed by atoms with Crippen LogP contribution >= 0.6 is 0 Å². The zero-order chi connectivity index (χ0) is 13.9. The quantitative estimate of drug-likeness (QED) is 0.780. The highest BCUT2D eigenvalue weighted by atomic mass is 16.5. The molecule has 1 rings (SSSR count). The first-order valence-electron chi connectivity index (χ1n) is 5.75. The zero-order valence-corrected chi connectivity index (χ0v) is 11.6. The van der Waals surface area contributed by atoms with E-state index in [1.807, 2.05) is 26.0 Å². The summed E-state index contributed by atoms with van der Waals surface area (Å²) in [5.74, 6) is 0.376. The van der Waals surface area contributed by atoms with E-state index in [1.165, 1.54) is 0 Å². The Hall–Kier alpha value is -1.59. The largest absolute Gasteiger partial charge is 0.496 e. The van der Waals surface area contributed by atoms with Crippen LogP contribution in [-0.4, -0.2) is 32.1 Å². The second kappa shape index (κ2) is 5.84. The number of amides is 1. The third-order valence-electron chi connectivity index (χ3n) is 2.80. The van der Waals surface area contributed by atoms with Gasteiger partial charge in [0.2, 0.25) is 0 Å². The molecule has 0 heterocycles. The van der Waals surface area contributed by atoms with Crippen LogP contribution < -0.4 is 15.9 Å². The van der Waals surface area contributed by atoms with Crippen molar-refractivity contribution >= 4 is 5.91 Å². The minimum absolute atomic E-state index is 0.262. The van der Waals surface area contributed by atoms with Crippen molar-refractivity contribution in [1.29, 1.82) is 0 Å². The first kappa shape index (κ1) is 14.5. The number of nitrogens with two attached hydrogens (primary N) is 1. The van der Waals surface area contributed by atoms with Crippen molar-refractivity contribution < 1.29 is 9.53 Å². The summed E-state index contributed by atoms with van der Waals surface area (Å²) in [6.07, 6.45) is 0. The molecule has 100 valence electrons. The molecule has 0 radical (unpaired) electrons. The smallest absolute Gasteiger partial charge is 0.255 e. The van der Waals surface area contributed by atoms with E-state index in [9.17, 15) is 4.79 Å². The number of methoxy groups -OCH3 is 1. The van der Waals surface area contributed by atoms with Gasteiger partial charge in [0.25, 0.3) is 5.91 Å². The molecule has 1 unspecified atom stereocenters. The number of carbonyl (C=O) groups excluding carboxylic acids is 1. The first-order valence-corrected chi connectivity index (χ1v) is 5.75. The van der Waals surface area contributed by atoms with Crippen LogP contribution in [0.4, 0.5) is 0 Å². The van der Waals surface area contributed by atoms with Gasteiger partial charge in [-0.05, 0) is 31.0 Å². The summed E-state index contributed by atoms with van der Waals surface area (Å²) < 4.78 is 5.28. The average Bonchev–Trinajstić information content (AvgIpc) is 2.30. The standard InChI is InChI=1S/C13H21N3O2/c1-8-6-10(11(18-5)7-9(8)2)12(14)13(17)15-16(3)4/h6-7,12H,14H2,1-5H3,(H,15,17). The molecule has 0 spiro atoms. The summed E-state index contributed by atoms with van der Waals surface area (Å²) >= 11 is 0. The van der Waals surface area contributed by atoms with E-state index in [2.05, 4.69) is 5.43 Å². The molecule has 1 aromatic rings. The molecule has 0 aliphatic carbocycles. The molecular formula is C13H21N3O2. The molecule has 0 saturated carbocycles. The van der Waals surface area contributed by atoms with E-state index < -0.39 is 6.04 Å². The van der Waals surface area contributed by atoms with Gasteiger partial charge in [0.05, 0.1) is 7.11 Å². The van der Waals surface area contributed by atoms with Gasteiger partial charge >= 0.3 is 0 Å². The number of hydrogen-bond donors (Lipinski definition) is 2. The fraction of sp³-hybridized carbons (Fsp3) is 0.462. The van der Waals surface area contributed by atoms with Crippen LogP contribution in [0.15, 0.2) is 12.1 Å². The van der Waals surface area contributed by atoms with Crippen molar-refractivity contribution in [2.45, 2.75) is 19.9 Å². The van der Waals surface area contributed by atoms with Crippen molar-refractivity contribution in [2.75, 3.05) is 21.2 Å². The highest BCUT2D eigenvalue weighted by Crippen LogP contribution is 2.27. The Labute approximate surface area is 108 Å². The molecule has 0 aliphatic heterocycles. The number of ether oxygens (including phenoxy) is 1. The Bertz CT molecular complexity index is 444. The average molecular weight is 251 g/mol. The van der Waals surface area contributed by atoms with Gasteiger partial charge in [0.15, 0.2) is 0 Å². The number of rotatable bonds is 4. The number of nitrogens with zero attached hydrogens (tertiary/aromatic N) is 1. The lowest BCUT2D eigenvalue weighted by atomic mass is 10.00. The summed E-state index contributed by atoms with van der Waals surface area (Å²) in [7, 11) is 5.05. The highest BCUT2D eigenvalue weighted by Gasteiger charge is 2.20. The Morgan fingerprint density at radius 1 is 1.33 bits per heavy atom. The molecule has 5 heteroatoms. The Balaban J connectivity index is 3.08. The Kier molecular flexibility index (Phi) is 4.69. The lowest BCUT2D eigenvalue weighted by Crippen LogP contribution is -2.42. The van der Waals surface area contributed by atoms with Gasteiger partial charge < -0.3 is 10.5 Å². The van der Waals surface area contributed by atoms with Crippen molar-refractivity contribution in [3.8, 4) is 5.75 Å². The minimum Gasteiger partial charge on any atom is -0.496 e. The second-order valence-corrected chi connectivity index (χ2v) is 4.53. The molecule has 0 saturated heterocycles. The van der Waals surface area contributed by atoms with E-state index in [-0.39, 0.29) is 5.91 Å². The Morgan fingerprint density at radius 3 is 2.39 bits per heavy atom. The molecule has 1 aromatic carbocycles. The van der Waals surface area contributed by atoms with Crippen molar-refractivity contribution in [3.05, 3.63) is 28.8 Å². The molecular weight excluding hydrogens is 230 g/mol. The Morgan fingerprint density at radius 2 is 1.89 bits per heavy atom. The fourth-order valence-electron chi connectivity index (χ4n) is 1.66. The van der Waals surface area contributed by atoms with Crippen LogP contribution in [0.3, 0.4) is 0 Å². The molecule has 3 N–H and O–H groups in total. The summed E-state index contributed by atoms with van der Waals surface area (Å²) in [6.45, 7) is 3.97. The van der Waals surface area contributed by atoms with Crippen molar-refractivity contribution in [1.82, 2.24) is 10.4 Å². The normalized spacial score (nSPS) is 12.4. The van der Waals surface area contributed by atoms with Crippen LogP contribution in [0, 0.1) is 13.8 Å².